The van der Waals surface area contributed by atoms with E-state index in [4.69, 9.17) is 14.0 Å². The molecule has 2 fully saturated rings. The Morgan fingerprint density at radius 2 is 1.90 bits per heavy atom. The minimum atomic E-state index is -0.362. The Hall–Kier alpha value is -0.845. The van der Waals surface area contributed by atoms with Gasteiger partial charge in [-0.3, -0.25) is 4.68 Å². The van der Waals surface area contributed by atoms with Crippen LogP contribution in [0.2, 0.25) is 0 Å². The average Bonchev–Trinajstić information content (AvgIpc) is 2.89. The highest BCUT2D eigenvalue weighted by molar-refractivity contribution is 6.61. The predicted octanol–water partition coefficient (Wildman–Crippen LogP) is 1.84. The standard InChI is InChI=1S/C15H25BN2O3/c1-11-9-17-18(12-7-6-8-19-10-12)13(11)16-20-14(2,3)15(4,5)21-16/h9,12H,6-8,10H2,1-5H3. The zero-order chi connectivity index (χ0) is 15.3. The summed E-state index contributed by atoms with van der Waals surface area (Å²) in [4.78, 5) is 0. The molecule has 0 N–H and O–H groups in total. The molecule has 5 nitrogen and oxygen atoms in total. The van der Waals surface area contributed by atoms with Crippen molar-refractivity contribution in [1.29, 1.82) is 0 Å². The summed E-state index contributed by atoms with van der Waals surface area (Å²) in [5, 5.41) is 4.56. The number of hydrogen-bond acceptors (Lipinski definition) is 4. The first-order valence-corrected chi connectivity index (χ1v) is 7.79. The summed E-state index contributed by atoms with van der Waals surface area (Å²) in [6.45, 7) is 11.9. The van der Waals surface area contributed by atoms with Crippen LogP contribution in [-0.2, 0) is 14.0 Å². The van der Waals surface area contributed by atoms with Crippen LogP contribution in [0.15, 0.2) is 6.20 Å². The van der Waals surface area contributed by atoms with Gasteiger partial charge < -0.3 is 14.0 Å². The Labute approximate surface area is 127 Å². The van der Waals surface area contributed by atoms with Gasteiger partial charge in [-0.1, -0.05) is 0 Å². The first-order chi connectivity index (χ1) is 9.82. The van der Waals surface area contributed by atoms with Gasteiger partial charge >= 0.3 is 7.12 Å². The monoisotopic (exact) mass is 292 g/mol. The van der Waals surface area contributed by atoms with Crippen LogP contribution in [0, 0.1) is 6.92 Å². The summed E-state index contributed by atoms with van der Waals surface area (Å²) < 4.78 is 20.0. The summed E-state index contributed by atoms with van der Waals surface area (Å²) in [5.74, 6) is 0. The van der Waals surface area contributed by atoms with E-state index < -0.39 is 0 Å². The van der Waals surface area contributed by atoms with Crippen molar-refractivity contribution in [2.45, 2.75) is 64.7 Å². The molecule has 1 unspecified atom stereocenters. The van der Waals surface area contributed by atoms with E-state index in [9.17, 15) is 0 Å². The molecule has 0 aromatic carbocycles. The fourth-order valence-electron chi connectivity index (χ4n) is 2.91. The molecule has 6 heteroatoms. The number of rotatable bonds is 2. The Morgan fingerprint density at radius 3 is 2.48 bits per heavy atom. The highest BCUT2D eigenvalue weighted by atomic mass is 16.7. The summed E-state index contributed by atoms with van der Waals surface area (Å²) in [5.41, 5.74) is 1.48. The zero-order valence-electron chi connectivity index (χ0n) is 13.7. The molecule has 1 aromatic rings. The lowest BCUT2D eigenvalue weighted by atomic mass is 9.81. The van der Waals surface area contributed by atoms with Gasteiger partial charge in [0.1, 0.15) is 0 Å². The third kappa shape index (κ3) is 2.54. The van der Waals surface area contributed by atoms with Crippen molar-refractivity contribution in [3.63, 3.8) is 0 Å². The molecule has 0 saturated carbocycles. The van der Waals surface area contributed by atoms with Crippen LogP contribution in [0.3, 0.4) is 0 Å². The van der Waals surface area contributed by atoms with Crippen molar-refractivity contribution >= 4 is 12.7 Å². The topological polar surface area (TPSA) is 45.5 Å². The van der Waals surface area contributed by atoms with E-state index in [0.717, 1.165) is 30.6 Å². The molecular weight excluding hydrogens is 267 g/mol. The maximum atomic E-state index is 6.20. The molecule has 0 radical (unpaired) electrons. The van der Waals surface area contributed by atoms with E-state index in [0.29, 0.717) is 6.61 Å². The number of nitrogens with zero attached hydrogens (tertiary/aromatic N) is 2. The van der Waals surface area contributed by atoms with Gasteiger partial charge in [-0.2, -0.15) is 5.10 Å². The first kappa shape index (κ1) is 15.1. The maximum absolute atomic E-state index is 6.20. The van der Waals surface area contributed by atoms with E-state index >= 15 is 0 Å². The van der Waals surface area contributed by atoms with Gasteiger partial charge in [0, 0.05) is 6.61 Å². The molecular formula is C15H25BN2O3. The zero-order valence-corrected chi connectivity index (χ0v) is 13.7. The minimum absolute atomic E-state index is 0.279. The SMILES string of the molecule is Cc1cnn(C2CCCOC2)c1B1OC(C)(C)C(C)(C)O1. The van der Waals surface area contributed by atoms with Crippen LogP contribution < -0.4 is 5.59 Å². The minimum Gasteiger partial charge on any atom is -0.398 e. The molecule has 2 aliphatic heterocycles. The molecule has 116 valence electrons. The van der Waals surface area contributed by atoms with Crippen LogP contribution in [0.25, 0.3) is 0 Å². The molecule has 0 spiro atoms. The molecule has 3 heterocycles. The average molecular weight is 292 g/mol. The van der Waals surface area contributed by atoms with Gasteiger partial charge in [0.05, 0.1) is 35.6 Å². The van der Waals surface area contributed by atoms with E-state index in [-0.39, 0.29) is 24.4 Å². The predicted molar refractivity (Wildman–Crippen MR) is 81.8 cm³/mol. The lowest BCUT2D eigenvalue weighted by Crippen LogP contribution is -2.43. The highest BCUT2D eigenvalue weighted by Crippen LogP contribution is 2.37. The second-order valence-electron chi connectivity index (χ2n) is 7.12. The molecule has 0 amide bonds. The Morgan fingerprint density at radius 1 is 1.24 bits per heavy atom. The van der Waals surface area contributed by atoms with Gasteiger partial charge in [-0.25, -0.2) is 0 Å². The smallest absolute Gasteiger partial charge is 0.398 e. The van der Waals surface area contributed by atoms with Gasteiger partial charge in [-0.05, 0) is 53.0 Å². The van der Waals surface area contributed by atoms with Crippen molar-refractivity contribution in [2.24, 2.45) is 0 Å². The second-order valence-corrected chi connectivity index (χ2v) is 7.12. The fraction of sp³-hybridized carbons (Fsp3) is 0.800. The molecule has 0 aliphatic carbocycles. The molecule has 21 heavy (non-hydrogen) atoms. The second kappa shape index (κ2) is 5.11. The van der Waals surface area contributed by atoms with Gasteiger partial charge in [0.25, 0.3) is 0 Å². The molecule has 2 saturated heterocycles. The van der Waals surface area contributed by atoms with Crippen molar-refractivity contribution in [1.82, 2.24) is 9.78 Å². The van der Waals surface area contributed by atoms with Gasteiger partial charge in [0.15, 0.2) is 0 Å². The molecule has 2 aliphatic rings. The van der Waals surface area contributed by atoms with Crippen LogP contribution in [0.4, 0.5) is 0 Å². The van der Waals surface area contributed by atoms with Crippen LogP contribution >= 0.6 is 0 Å². The number of aryl methyl sites for hydroxylation is 1. The summed E-state index contributed by atoms with van der Waals surface area (Å²) in [6.07, 6.45) is 4.06. The first-order valence-electron chi connectivity index (χ1n) is 7.79. The Balaban J connectivity index is 1.91. The number of ether oxygens (including phenoxy) is 1. The Kier molecular flexibility index (Phi) is 3.67. The lowest BCUT2D eigenvalue weighted by Gasteiger charge is -2.32. The summed E-state index contributed by atoms with van der Waals surface area (Å²) in [6, 6.07) is 0.279. The molecule has 0 bridgehead atoms. The van der Waals surface area contributed by atoms with Crippen LogP contribution in [0.1, 0.15) is 52.1 Å². The lowest BCUT2D eigenvalue weighted by molar-refractivity contribution is 0.00578. The van der Waals surface area contributed by atoms with Gasteiger partial charge in [0.2, 0.25) is 0 Å². The third-order valence-electron chi connectivity index (χ3n) is 4.99. The van der Waals surface area contributed by atoms with Crippen molar-refractivity contribution < 1.29 is 14.0 Å². The number of aromatic nitrogens is 2. The van der Waals surface area contributed by atoms with Crippen molar-refractivity contribution in [3.8, 4) is 0 Å². The van der Waals surface area contributed by atoms with E-state index in [1.807, 2.05) is 6.20 Å². The summed E-state index contributed by atoms with van der Waals surface area (Å²) in [7, 11) is -0.362. The number of hydrogen-bond donors (Lipinski definition) is 0. The van der Waals surface area contributed by atoms with Crippen molar-refractivity contribution in [3.05, 3.63) is 11.8 Å². The highest BCUT2D eigenvalue weighted by Gasteiger charge is 2.53. The van der Waals surface area contributed by atoms with E-state index in [1.54, 1.807) is 0 Å². The largest absolute Gasteiger partial charge is 0.514 e. The van der Waals surface area contributed by atoms with Crippen molar-refractivity contribution in [2.75, 3.05) is 13.2 Å². The van der Waals surface area contributed by atoms with E-state index in [1.165, 1.54) is 0 Å². The molecule has 1 atom stereocenters. The quantitative estimate of drug-likeness (QED) is 0.780. The molecule has 3 rings (SSSR count). The normalized spacial score (nSPS) is 28.0. The fourth-order valence-corrected chi connectivity index (χ4v) is 2.91. The molecule has 1 aromatic heterocycles. The van der Waals surface area contributed by atoms with E-state index in [2.05, 4.69) is 44.4 Å². The summed E-state index contributed by atoms with van der Waals surface area (Å²) >= 11 is 0. The van der Waals surface area contributed by atoms with Crippen LogP contribution in [-0.4, -0.2) is 41.3 Å². The maximum Gasteiger partial charge on any atom is 0.514 e. The van der Waals surface area contributed by atoms with Crippen LogP contribution in [0.5, 0.6) is 0 Å². The Bertz CT molecular complexity index is 505. The third-order valence-corrected chi connectivity index (χ3v) is 4.99. The van der Waals surface area contributed by atoms with Gasteiger partial charge in [-0.15, -0.1) is 0 Å².